The molecule has 76 valence electrons. The van der Waals surface area contributed by atoms with Gasteiger partial charge < -0.3 is 15.4 Å². The van der Waals surface area contributed by atoms with E-state index in [9.17, 15) is 4.79 Å². The van der Waals surface area contributed by atoms with Crippen molar-refractivity contribution in [1.82, 2.24) is 4.90 Å². The second-order valence-corrected chi connectivity index (χ2v) is 3.39. The standard InChI is InChI=1S/C9H18N2O2/c1-11(9(12)2-5-10)8-3-6-13-7-4-8/h8H,2-7,10H2,1H3. The predicted molar refractivity (Wildman–Crippen MR) is 50.3 cm³/mol. The molecule has 1 heterocycles. The molecule has 4 nitrogen and oxygen atoms in total. The van der Waals surface area contributed by atoms with E-state index in [1.807, 2.05) is 11.9 Å². The first-order valence-electron chi connectivity index (χ1n) is 4.79. The number of hydrogen-bond acceptors (Lipinski definition) is 3. The highest BCUT2D eigenvalue weighted by molar-refractivity contribution is 5.76. The molecular formula is C9H18N2O2. The van der Waals surface area contributed by atoms with Gasteiger partial charge >= 0.3 is 0 Å². The molecule has 0 aliphatic carbocycles. The van der Waals surface area contributed by atoms with Crippen LogP contribution >= 0.6 is 0 Å². The van der Waals surface area contributed by atoms with E-state index in [1.54, 1.807) is 0 Å². The van der Waals surface area contributed by atoms with Crippen LogP contribution in [0.2, 0.25) is 0 Å². The van der Waals surface area contributed by atoms with Crippen molar-refractivity contribution in [2.45, 2.75) is 25.3 Å². The third-order valence-corrected chi connectivity index (χ3v) is 2.49. The summed E-state index contributed by atoms with van der Waals surface area (Å²) >= 11 is 0. The van der Waals surface area contributed by atoms with Gasteiger partial charge in [-0.2, -0.15) is 0 Å². The molecule has 0 unspecified atom stereocenters. The highest BCUT2D eigenvalue weighted by atomic mass is 16.5. The first kappa shape index (κ1) is 10.5. The van der Waals surface area contributed by atoms with Crippen LogP contribution in [0, 0.1) is 0 Å². The number of rotatable bonds is 3. The molecule has 0 radical (unpaired) electrons. The van der Waals surface area contributed by atoms with Crippen LogP contribution in [-0.4, -0.2) is 43.7 Å². The highest BCUT2D eigenvalue weighted by Crippen LogP contribution is 2.13. The summed E-state index contributed by atoms with van der Waals surface area (Å²) in [6.07, 6.45) is 2.35. The van der Waals surface area contributed by atoms with Crippen molar-refractivity contribution < 1.29 is 9.53 Å². The summed E-state index contributed by atoms with van der Waals surface area (Å²) in [5.74, 6) is 0.148. The molecule has 1 fully saturated rings. The number of nitrogens with two attached hydrogens (primary N) is 1. The molecule has 0 spiro atoms. The Morgan fingerprint density at radius 2 is 2.15 bits per heavy atom. The first-order valence-corrected chi connectivity index (χ1v) is 4.79. The van der Waals surface area contributed by atoms with E-state index < -0.39 is 0 Å². The number of hydrogen-bond donors (Lipinski definition) is 1. The fourth-order valence-corrected chi connectivity index (χ4v) is 1.58. The van der Waals surface area contributed by atoms with Crippen LogP contribution in [0.5, 0.6) is 0 Å². The third-order valence-electron chi connectivity index (χ3n) is 2.49. The smallest absolute Gasteiger partial charge is 0.223 e. The van der Waals surface area contributed by atoms with E-state index in [1.165, 1.54) is 0 Å². The second kappa shape index (κ2) is 5.19. The molecule has 0 aromatic heterocycles. The molecule has 1 aliphatic rings. The summed E-state index contributed by atoms with van der Waals surface area (Å²) in [4.78, 5) is 13.3. The summed E-state index contributed by atoms with van der Waals surface area (Å²) in [6.45, 7) is 1.97. The van der Waals surface area contributed by atoms with E-state index >= 15 is 0 Å². The highest BCUT2D eigenvalue weighted by Gasteiger charge is 2.21. The molecule has 1 rings (SSSR count). The average molecular weight is 186 g/mol. The Morgan fingerprint density at radius 3 is 2.69 bits per heavy atom. The largest absolute Gasteiger partial charge is 0.381 e. The van der Waals surface area contributed by atoms with Crippen molar-refractivity contribution in [1.29, 1.82) is 0 Å². The van der Waals surface area contributed by atoms with Crippen molar-refractivity contribution in [2.24, 2.45) is 5.73 Å². The molecular weight excluding hydrogens is 168 g/mol. The Labute approximate surface area is 79.0 Å². The lowest BCUT2D eigenvalue weighted by atomic mass is 10.1. The van der Waals surface area contributed by atoms with E-state index in [-0.39, 0.29) is 5.91 Å². The van der Waals surface area contributed by atoms with Gasteiger partial charge in [0.25, 0.3) is 0 Å². The lowest BCUT2D eigenvalue weighted by molar-refractivity contribution is -0.133. The van der Waals surface area contributed by atoms with Crippen LogP contribution in [0.25, 0.3) is 0 Å². The molecule has 1 aliphatic heterocycles. The molecule has 0 atom stereocenters. The molecule has 1 saturated heterocycles. The summed E-state index contributed by atoms with van der Waals surface area (Å²) < 4.78 is 5.23. The molecule has 13 heavy (non-hydrogen) atoms. The molecule has 0 bridgehead atoms. The van der Waals surface area contributed by atoms with Gasteiger partial charge in [0.2, 0.25) is 5.91 Å². The average Bonchev–Trinajstić information content (AvgIpc) is 2.18. The minimum Gasteiger partial charge on any atom is -0.381 e. The van der Waals surface area contributed by atoms with Crippen LogP contribution < -0.4 is 5.73 Å². The lowest BCUT2D eigenvalue weighted by Crippen LogP contribution is -2.41. The zero-order valence-corrected chi connectivity index (χ0v) is 8.16. The minimum atomic E-state index is 0.148. The Balaban J connectivity index is 2.35. The number of amides is 1. The van der Waals surface area contributed by atoms with Crippen molar-refractivity contribution >= 4 is 5.91 Å². The third kappa shape index (κ3) is 2.97. The molecule has 4 heteroatoms. The zero-order chi connectivity index (χ0) is 9.68. The van der Waals surface area contributed by atoms with Gasteiger partial charge in [-0.25, -0.2) is 0 Å². The van der Waals surface area contributed by atoms with Gasteiger partial charge in [-0.1, -0.05) is 0 Å². The summed E-state index contributed by atoms with van der Waals surface area (Å²) in [6, 6.07) is 0.354. The van der Waals surface area contributed by atoms with Crippen molar-refractivity contribution in [3.8, 4) is 0 Å². The molecule has 0 aromatic rings. The monoisotopic (exact) mass is 186 g/mol. The Bertz CT molecular complexity index is 167. The Hall–Kier alpha value is -0.610. The second-order valence-electron chi connectivity index (χ2n) is 3.39. The molecule has 1 amide bonds. The Morgan fingerprint density at radius 1 is 1.54 bits per heavy atom. The minimum absolute atomic E-state index is 0.148. The number of carbonyl (C=O) groups excluding carboxylic acids is 1. The topological polar surface area (TPSA) is 55.6 Å². The fraction of sp³-hybridized carbons (Fsp3) is 0.889. The number of nitrogens with zero attached hydrogens (tertiary/aromatic N) is 1. The van der Waals surface area contributed by atoms with Crippen LogP contribution in [0.1, 0.15) is 19.3 Å². The fourth-order valence-electron chi connectivity index (χ4n) is 1.58. The van der Waals surface area contributed by atoms with Gasteiger partial charge in [-0.3, -0.25) is 4.79 Å². The van der Waals surface area contributed by atoms with Gasteiger partial charge in [-0.05, 0) is 12.8 Å². The number of ether oxygens (including phenoxy) is 1. The van der Waals surface area contributed by atoms with Crippen molar-refractivity contribution in [3.63, 3.8) is 0 Å². The van der Waals surface area contributed by atoms with E-state index in [2.05, 4.69) is 0 Å². The van der Waals surface area contributed by atoms with E-state index in [0.717, 1.165) is 26.1 Å². The summed E-state index contributed by atoms with van der Waals surface area (Å²) in [5, 5.41) is 0. The molecule has 0 saturated carbocycles. The van der Waals surface area contributed by atoms with Crippen LogP contribution in [0.4, 0.5) is 0 Å². The Kier molecular flexibility index (Phi) is 4.18. The maximum absolute atomic E-state index is 11.4. The maximum atomic E-state index is 11.4. The SMILES string of the molecule is CN(C(=O)CCN)C1CCOCC1. The van der Waals surface area contributed by atoms with E-state index in [4.69, 9.17) is 10.5 Å². The van der Waals surface area contributed by atoms with Gasteiger partial charge in [0.05, 0.1) is 0 Å². The van der Waals surface area contributed by atoms with Crippen LogP contribution in [-0.2, 0) is 9.53 Å². The van der Waals surface area contributed by atoms with Gasteiger partial charge in [0.15, 0.2) is 0 Å². The molecule has 0 aromatic carbocycles. The predicted octanol–water partition coefficient (Wildman–Crippen LogP) is -0.0274. The maximum Gasteiger partial charge on any atom is 0.223 e. The van der Waals surface area contributed by atoms with Gasteiger partial charge in [-0.15, -0.1) is 0 Å². The van der Waals surface area contributed by atoms with Crippen LogP contribution in [0.15, 0.2) is 0 Å². The van der Waals surface area contributed by atoms with Crippen molar-refractivity contribution in [2.75, 3.05) is 26.8 Å². The van der Waals surface area contributed by atoms with Gasteiger partial charge in [0.1, 0.15) is 0 Å². The van der Waals surface area contributed by atoms with Gasteiger partial charge in [0, 0.05) is 39.3 Å². The summed E-state index contributed by atoms with van der Waals surface area (Å²) in [7, 11) is 1.86. The van der Waals surface area contributed by atoms with Crippen LogP contribution in [0.3, 0.4) is 0 Å². The quantitative estimate of drug-likeness (QED) is 0.673. The van der Waals surface area contributed by atoms with E-state index in [0.29, 0.717) is 19.0 Å². The number of carbonyl (C=O) groups is 1. The first-order chi connectivity index (χ1) is 6.25. The zero-order valence-electron chi connectivity index (χ0n) is 8.16. The normalized spacial score (nSPS) is 18.6. The molecule has 2 N–H and O–H groups in total. The lowest BCUT2D eigenvalue weighted by Gasteiger charge is -2.31. The van der Waals surface area contributed by atoms with Crippen molar-refractivity contribution in [3.05, 3.63) is 0 Å². The summed E-state index contributed by atoms with van der Waals surface area (Å²) in [5.41, 5.74) is 5.32.